The van der Waals surface area contributed by atoms with E-state index in [1.54, 1.807) is 50.3 Å². The molecule has 3 saturated carbocycles. The number of Topliss-reactive ketones (excluding diaryl/α,β-unsaturated/α-hetero) is 2. The summed E-state index contributed by atoms with van der Waals surface area (Å²) in [5, 5.41) is 46.6. The van der Waals surface area contributed by atoms with Crippen LogP contribution in [0.1, 0.15) is 41.5 Å². The number of carbonyl (C=O) groups excluding carboxylic acids is 2. The fourth-order valence-electron chi connectivity index (χ4n) is 7.94. The molecule has 0 aromatic rings. The van der Waals surface area contributed by atoms with Gasteiger partial charge in [-0.15, -0.1) is 0 Å². The van der Waals surface area contributed by atoms with Crippen LogP contribution in [0.4, 0.5) is 0 Å². The Labute approximate surface area is 209 Å². The molecule has 0 radical (unpaired) electrons. The maximum absolute atomic E-state index is 14.3. The van der Waals surface area contributed by atoms with Crippen molar-refractivity contribution in [2.24, 2.45) is 22.7 Å². The van der Waals surface area contributed by atoms with E-state index in [2.05, 4.69) is 0 Å². The molecule has 4 N–H and O–H groups in total. The average Bonchev–Trinajstić information content (AvgIpc) is 3.12. The van der Waals surface area contributed by atoms with Crippen LogP contribution in [-0.2, 0) is 19.1 Å². The van der Waals surface area contributed by atoms with Gasteiger partial charge in [-0.05, 0) is 53.7 Å². The predicted molar refractivity (Wildman–Crippen MR) is 129 cm³/mol. The second-order valence-corrected chi connectivity index (χ2v) is 11.0. The van der Waals surface area contributed by atoms with Gasteiger partial charge in [0.05, 0.1) is 10.8 Å². The van der Waals surface area contributed by atoms with Gasteiger partial charge >= 0.3 is 0 Å². The molecule has 8 atom stereocenters. The summed E-state index contributed by atoms with van der Waals surface area (Å²) in [6.07, 6.45) is 12.6. The lowest BCUT2D eigenvalue weighted by Crippen LogP contribution is -2.74. The molecule has 8 bridgehead atoms. The Bertz CT molecular complexity index is 1190. The molecule has 0 amide bonds. The molecule has 5 rings (SSSR count). The largest absolute Gasteiger partial charge is 0.508 e. The highest BCUT2D eigenvalue weighted by Crippen LogP contribution is 2.83. The summed E-state index contributed by atoms with van der Waals surface area (Å²) in [6, 6.07) is 0. The third-order valence-electron chi connectivity index (χ3n) is 9.41. The van der Waals surface area contributed by atoms with Crippen molar-refractivity contribution in [1.29, 1.82) is 0 Å². The molecule has 2 saturated heterocycles. The number of rotatable bonds is 4. The van der Waals surface area contributed by atoms with E-state index in [1.807, 2.05) is 0 Å². The smallest absolute Gasteiger partial charge is 0.210 e. The van der Waals surface area contributed by atoms with Gasteiger partial charge in [-0.25, -0.2) is 0 Å². The van der Waals surface area contributed by atoms with Crippen LogP contribution in [0.5, 0.6) is 0 Å². The summed E-state index contributed by atoms with van der Waals surface area (Å²) in [5.41, 5.74) is -7.52. The molecule has 8 nitrogen and oxygen atoms in total. The first-order chi connectivity index (χ1) is 16.7. The topological polar surface area (TPSA) is 134 Å². The lowest BCUT2D eigenvalue weighted by molar-refractivity contribution is -0.450. The van der Waals surface area contributed by atoms with Gasteiger partial charge in [-0.3, -0.25) is 9.59 Å². The normalized spacial score (nSPS) is 51.8. The number of ketones is 2. The third-order valence-corrected chi connectivity index (χ3v) is 9.41. The zero-order valence-electron chi connectivity index (χ0n) is 21.2. The lowest BCUT2D eigenvalue weighted by Gasteiger charge is -2.58. The first kappa shape index (κ1) is 24.9. The van der Waals surface area contributed by atoms with E-state index in [9.17, 15) is 30.0 Å². The standard InChI is InChI=1S/C28H32O8/c1-7-9-11-13-15(29)17-19-23(3)22(32)18(16(30)14-12-10-8-2)20-24(4,21(17)31)28(34)25(19,5)35-27(23,33)26(20,6)36-28/h7-14,19-20,29-30,33-34H,1-6H3/b9-7+,10-8+,13-11+,14-12+,17-15-,18-16+/t19-,20-,23-,24-,25+,26+,27-,28-/m1/s1. The molecule has 5 aliphatic rings. The van der Waals surface area contributed by atoms with Crippen molar-refractivity contribution in [3.63, 3.8) is 0 Å². The van der Waals surface area contributed by atoms with Crippen LogP contribution in [0.2, 0.25) is 0 Å². The summed E-state index contributed by atoms with van der Waals surface area (Å²) in [7, 11) is 0. The molecule has 0 spiro atoms. The number of carbonyl (C=O) groups is 2. The fraction of sp³-hybridized carbons (Fsp3) is 0.500. The van der Waals surface area contributed by atoms with Crippen molar-refractivity contribution < 1.29 is 39.5 Å². The van der Waals surface area contributed by atoms with Gasteiger partial charge in [0.1, 0.15) is 22.7 Å². The highest BCUT2D eigenvalue weighted by atomic mass is 16.8. The minimum atomic E-state index is -2.26. The highest BCUT2D eigenvalue weighted by molar-refractivity contribution is 6.13. The molecular formula is C28H32O8. The number of ether oxygens (including phenoxy) is 2. The van der Waals surface area contributed by atoms with Crippen molar-refractivity contribution in [3.05, 3.63) is 71.3 Å². The Hall–Kier alpha value is -2.78. The molecule has 8 heteroatoms. The van der Waals surface area contributed by atoms with E-state index in [0.717, 1.165) is 0 Å². The van der Waals surface area contributed by atoms with Gasteiger partial charge in [-0.2, -0.15) is 0 Å². The Kier molecular flexibility index (Phi) is 4.81. The van der Waals surface area contributed by atoms with Crippen molar-refractivity contribution in [3.8, 4) is 0 Å². The van der Waals surface area contributed by atoms with E-state index in [4.69, 9.17) is 9.47 Å². The average molecular weight is 497 g/mol. The summed E-state index contributed by atoms with van der Waals surface area (Å²) in [4.78, 5) is 28.7. The number of aliphatic hydroxyl groups excluding tert-OH is 2. The van der Waals surface area contributed by atoms with E-state index in [-0.39, 0.29) is 22.7 Å². The molecule has 2 aliphatic heterocycles. The Morgan fingerprint density at radius 2 is 1.03 bits per heavy atom. The van der Waals surface area contributed by atoms with Gasteiger partial charge in [0, 0.05) is 23.0 Å². The van der Waals surface area contributed by atoms with Crippen LogP contribution in [0, 0.1) is 22.7 Å². The van der Waals surface area contributed by atoms with Crippen LogP contribution >= 0.6 is 0 Å². The second-order valence-electron chi connectivity index (χ2n) is 11.0. The summed E-state index contributed by atoms with van der Waals surface area (Å²) in [5.74, 6) is -9.12. The van der Waals surface area contributed by atoms with Crippen LogP contribution in [0.15, 0.2) is 71.3 Å². The van der Waals surface area contributed by atoms with E-state index >= 15 is 0 Å². The Balaban J connectivity index is 1.93. The van der Waals surface area contributed by atoms with Crippen molar-refractivity contribution in [1.82, 2.24) is 0 Å². The second kappa shape index (κ2) is 6.95. The lowest BCUT2D eigenvalue weighted by atomic mass is 9.39. The molecule has 0 unspecified atom stereocenters. The monoisotopic (exact) mass is 496 g/mol. The number of aliphatic hydroxyl groups is 4. The maximum atomic E-state index is 14.3. The molecule has 2 heterocycles. The zero-order valence-corrected chi connectivity index (χ0v) is 21.2. The number of hydrogen-bond acceptors (Lipinski definition) is 8. The van der Waals surface area contributed by atoms with E-state index in [0.29, 0.717) is 0 Å². The summed E-state index contributed by atoms with van der Waals surface area (Å²) in [6.45, 7) is 9.48. The zero-order chi connectivity index (χ0) is 26.7. The van der Waals surface area contributed by atoms with Gasteiger partial charge in [0.25, 0.3) is 0 Å². The van der Waals surface area contributed by atoms with Crippen LogP contribution in [0.3, 0.4) is 0 Å². The maximum Gasteiger partial charge on any atom is 0.210 e. The minimum Gasteiger partial charge on any atom is -0.508 e. The predicted octanol–water partition coefficient (Wildman–Crippen LogP) is 3.25. The van der Waals surface area contributed by atoms with Crippen molar-refractivity contribution >= 4 is 11.6 Å². The molecular weight excluding hydrogens is 464 g/mol. The molecule has 0 aromatic carbocycles. The van der Waals surface area contributed by atoms with Crippen LogP contribution in [-0.4, -0.2) is 54.8 Å². The minimum absolute atomic E-state index is 0.113. The van der Waals surface area contributed by atoms with Crippen LogP contribution < -0.4 is 0 Å². The fourth-order valence-corrected chi connectivity index (χ4v) is 7.94. The number of allylic oxidation sites excluding steroid dienone is 8. The summed E-state index contributed by atoms with van der Waals surface area (Å²) >= 11 is 0. The number of hydrogen-bond donors (Lipinski definition) is 4. The highest BCUT2D eigenvalue weighted by Gasteiger charge is 2.99. The third kappa shape index (κ3) is 2.15. The molecule has 3 aliphatic carbocycles. The Morgan fingerprint density at radius 3 is 1.33 bits per heavy atom. The Morgan fingerprint density at radius 1 is 0.694 bits per heavy atom. The molecule has 5 fully saturated rings. The first-order valence-corrected chi connectivity index (χ1v) is 12.1. The van der Waals surface area contributed by atoms with Crippen molar-refractivity contribution in [2.45, 2.75) is 64.3 Å². The van der Waals surface area contributed by atoms with E-state index in [1.165, 1.54) is 39.8 Å². The molecule has 0 aromatic heterocycles. The summed E-state index contributed by atoms with van der Waals surface area (Å²) < 4.78 is 12.5. The first-order valence-electron chi connectivity index (χ1n) is 12.1. The molecule has 192 valence electrons. The van der Waals surface area contributed by atoms with Gasteiger partial charge in [-0.1, -0.05) is 36.5 Å². The quantitative estimate of drug-likeness (QED) is 0.265. The SMILES string of the molecule is C/C=C/C=C/C(O)=C1/C(=O)[C@@]2(C)[C@H]3/C(=C(O)/C=C/C=C/C)C(=O)[C@@]4(C)[C@@H]1[C@]1(C)O[C@@]4(O)[C@@]3(C)O[C@@]12O. The van der Waals surface area contributed by atoms with Crippen LogP contribution in [0.25, 0.3) is 0 Å². The van der Waals surface area contributed by atoms with Gasteiger partial charge in [0.15, 0.2) is 11.6 Å². The van der Waals surface area contributed by atoms with E-state index < -0.39 is 57.0 Å². The molecule has 36 heavy (non-hydrogen) atoms. The van der Waals surface area contributed by atoms with Gasteiger partial charge < -0.3 is 29.9 Å². The van der Waals surface area contributed by atoms with Gasteiger partial charge in [0.2, 0.25) is 11.6 Å². The van der Waals surface area contributed by atoms with Crippen molar-refractivity contribution in [2.75, 3.05) is 0 Å².